The van der Waals surface area contributed by atoms with E-state index in [1.165, 1.54) is 17.7 Å². The average molecular weight is 356 g/mol. The molecule has 6 heteroatoms. The van der Waals surface area contributed by atoms with Crippen LogP contribution in [0, 0.1) is 5.82 Å². The lowest BCUT2D eigenvalue weighted by atomic mass is 9.88. The van der Waals surface area contributed by atoms with Crippen LogP contribution in [-0.2, 0) is 20.7 Å². The van der Waals surface area contributed by atoms with Gasteiger partial charge in [0.2, 0.25) is 6.29 Å². The molecule has 0 aliphatic carbocycles. The van der Waals surface area contributed by atoms with Gasteiger partial charge in [-0.25, -0.2) is 4.39 Å². The van der Waals surface area contributed by atoms with E-state index in [0.29, 0.717) is 19.8 Å². The van der Waals surface area contributed by atoms with Crippen LogP contribution in [0.25, 0.3) is 0 Å². The van der Waals surface area contributed by atoms with Crippen molar-refractivity contribution in [1.29, 1.82) is 0 Å². The van der Waals surface area contributed by atoms with Gasteiger partial charge in [-0.1, -0.05) is 36.4 Å². The summed E-state index contributed by atoms with van der Waals surface area (Å²) >= 11 is 0. The minimum atomic E-state index is -0.942. The fourth-order valence-corrected chi connectivity index (χ4v) is 3.60. The van der Waals surface area contributed by atoms with Gasteiger partial charge in [-0.3, -0.25) is 4.79 Å². The van der Waals surface area contributed by atoms with Crippen molar-refractivity contribution in [3.63, 3.8) is 0 Å². The van der Waals surface area contributed by atoms with Crippen LogP contribution in [-0.4, -0.2) is 42.9 Å². The molecule has 2 aliphatic rings. The van der Waals surface area contributed by atoms with E-state index in [2.05, 4.69) is 6.07 Å². The van der Waals surface area contributed by atoms with E-state index in [1.54, 1.807) is 17.0 Å². The molecule has 0 radical (unpaired) electrons. The lowest BCUT2D eigenvalue weighted by molar-refractivity contribution is -0.204. The highest BCUT2D eigenvalue weighted by molar-refractivity contribution is 5.81. The Morgan fingerprint density at radius 1 is 1.08 bits per heavy atom. The molecule has 2 aromatic rings. The third-order valence-electron chi connectivity index (χ3n) is 4.88. The lowest BCUT2D eigenvalue weighted by Gasteiger charge is -2.40. The Bertz CT molecular complexity index is 788. The van der Waals surface area contributed by atoms with Gasteiger partial charge in [-0.15, -0.1) is 0 Å². The van der Waals surface area contributed by atoms with Crippen molar-refractivity contribution in [2.24, 2.45) is 5.73 Å². The van der Waals surface area contributed by atoms with E-state index in [0.717, 1.165) is 17.5 Å². The third-order valence-corrected chi connectivity index (χ3v) is 4.88. The SMILES string of the molecule is N[C@H]1CO[C@H](C(=O)N2CCc3ccccc3[C@@H]2c2ccc(F)cc2)OC1. The van der Waals surface area contributed by atoms with Crippen LogP contribution < -0.4 is 5.73 Å². The summed E-state index contributed by atoms with van der Waals surface area (Å²) in [5.41, 5.74) is 8.86. The van der Waals surface area contributed by atoms with Gasteiger partial charge in [0.1, 0.15) is 5.82 Å². The molecular weight excluding hydrogens is 335 g/mol. The number of carbonyl (C=O) groups excluding carboxylic acids is 1. The van der Waals surface area contributed by atoms with Gasteiger partial charge in [0.15, 0.2) is 0 Å². The maximum atomic E-state index is 13.4. The van der Waals surface area contributed by atoms with E-state index < -0.39 is 6.29 Å². The van der Waals surface area contributed by atoms with Crippen molar-refractivity contribution >= 4 is 5.91 Å². The number of hydrogen-bond acceptors (Lipinski definition) is 4. The van der Waals surface area contributed by atoms with Crippen LogP contribution in [0.1, 0.15) is 22.7 Å². The standard InChI is InChI=1S/C20H21FN2O3/c21-15-7-5-14(6-8-15)18-17-4-2-1-3-13(17)9-10-23(18)19(24)20-25-11-16(22)12-26-20/h1-8,16,18,20H,9-12,22H2/t16-,18-,20-/m0/s1. The van der Waals surface area contributed by atoms with Crippen molar-refractivity contribution in [2.75, 3.05) is 19.8 Å². The fourth-order valence-electron chi connectivity index (χ4n) is 3.60. The maximum Gasteiger partial charge on any atom is 0.280 e. The first-order chi connectivity index (χ1) is 12.6. The molecule has 2 aliphatic heterocycles. The van der Waals surface area contributed by atoms with Crippen LogP contribution >= 0.6 is 0 Å². The second-order valence-electron chi connectivity index (χ2n) is 6.69. The van der Waals surface area contributed by atoms with E-state index >= 15 is 0 Å². The quantitative estimate of drug-likeness (QED) is 0.894. The van der Waals surface area contributed by atoms with E-state index in [1.807, 2.05) is 18.2 Å². The predicted molar refractivity (Wildman–Crippen MR) is 93.8 cm³/mol. The molecule has 2 heterocycles. The number of halogens is 1. The lowest BCUT2D eigenvalue weighted by Crippen LogP contribution is -2.51. The second-order valence-corrected chi connectivity index (χ2v) is 6.69. The smallest absolute Gasteiger partial charge is 0.280 e. The zero-order valence-electron chi connectivity index (χ0n) is 14.3. The number of benzene rings is 2. The summed E-state index contributed by atoms with van der Waals surface area (Å²) in [6.07, 6.45) is -0.186. The first-order valence-electron chi connectivity index (χ1n) is 8.76. The molecular formula is C20H21FN2O3. The summed E-state index contributed by atoms with van der Waals surface area (Å²) in [5.74, 6) is -0.524. The molecule has 0 bridgehead atoms. The second kappa shape index (κ2) is 7.15. The summed E-state index contributed by atoms with van der Waals surface area (Å²) in [6, 6.07) is 13.8. The van der Waals surface area contributed by atoms with Crippen LogP contribution in [0.3, 0.4) is 0 Å². The first-order valence-corrected chi connectivity index (χ1v) is 8.76. The topological polar surface area (TPSA) is 64.8 Å². The van der Waals surface area contributed by atoms with Gasteiger partial charge in [0, 0.05) is 6.54 Å². The zero-order chi connectivity index (χ0) is 18.1. The molecule has 1 atom stereocenters. The third kappa shape index (κ3) is 3.23. The number of rotatable bonds is 2. The molecule has 4 rings (SSSR count). The number of fused-ring (bicyclic) bond motifs is 1. The van der Waals surface area contributed by atoms with Crippen molar-refractivity contribution < 1.29 is 18.7 Å². The number of ether oxygens (including phenoxy) is 2. The number of hydrogen-bond donors (Lipinski definition) is 1. The molecule has 5 nitrogen and oxygen atoms in total. The molecule has 2 aromatic carbocycles. The zero-order valence-corrected chi connectivity index (χ0v) is 14.3. The van der Waals surface area contributed by atoms with Crippen molar-refractivity contribution in [2.45, 2.75) is 24.8 Å². The monoisotopic (exact) mass is 356 g/mol. The molecule has 0 spiro atoms. The normalized spacial score (nSPS) is 25.6. The average Bonchev–Trinajstić information content (AvgIpc) is 2.68. The molecule has 1 saturated heterocycles. The summed E-state index contributed by atoms with van der Waals surface area (Å²) in [6.45, 7) is 1.14. The molecule has 0 saturated carbocycles. The van der Waals surface area contributed by atoms with E-state index in [-0.39, 0.29) is 23.8 Å². The Kier molecular flexibility index (Phi) is 4.72. The van der Waals surface area contributed by atoms with E-state index in [4.69, 9.17) is 15.2 Å². The van der Waals surface area contributed by atoms with Crippen molar-refractivity contribution in [3.8, 4) is 0 Å². The summed E-state index contributed by atoms with van der Waals surface area (Å²) in [4.78, 5) is 14.8. The Balaban J connectivity index is 1.68. The Morgan fingerprint density at radius 3 is 2.50 bits per heavy atom. The van der Waals surface area contributed by atoms with Crippen LogP contribution in [0.15, 0.2) is 48.5 Å². The summed E-state index contributed by atoms with van der Waals surface area (Å²) < 4.78 is 24.4. The predicted octanol–water partition coefficient (Wildman–Crippen LogP) is 2.00. The van der Waals surface area contributed by atoms with Crippen LogP contribution in [0.2, 0.25) is 0 Å². The molecule has 136 valence electrons. The first kappa shape index (κ1) is 17.1. The molecule has 1 amide bonds. The summed E-state index contributed by atoms with van der Waals surface area (Å²) in [7, 11) is 0. The van der Waals surface area contributed by atoms with Crippen molar-refractivity contribution in [1.82, 2.24) is 4.90 Å². The highest BCUT2D eigenvalue weighted by Gasteiger charge is 2.37. The minimum Gasteiger partial charge on any atom is -0.343 e. The summed E-state index contributed by atoms with van der Waals surface area (Å²) in [5, 5.41) is 0. The van der Waals surface area contributed by atoms with E-state index in [9.17, 15) is 9.18 Å². The number of amides is 1. The van der Waals surface area contributed by atoms with Gasteiger partial charge < -0.3 is 20.1 Å². The number of nitrogens with zero attached hydrogens (tertiary/aromatic N) is 1. The molecule has 26 heavy (non-hydrogen) atoms. The van der Waals surface area contributed by atoms with Crippen LogP contribution in [0.5, 0.6) is 0 Å². The van der Waals surface area contributed by atoms with Gasteiger partial charge in [0.05, 0.1) is 25.3 Å². The Hall–Kier alpha value is -2.28. The van der Waals surface area contributed by atoms with Gasteiger partial charge in [-0.05, 0) is 35.2 Å². The Morgan fingerprint density at radius 2 is 1.77 bits per heavy atom. The van der Waals surface area contributed by atoms with Gasteiger partial charge in [0.25, 0.3) is 5.91 Å². The molecule has 0 unspecified atom stereocenters. The van der Waals surface area contributed by atoms with Gasteiger partial charge >= 0.3 is 0 Å². The number of carbonyl (C=O) groups is 1. The largest absolute Gasteiger partial charge is 0.343 e. The maximum absolute atomic E-state index is 13.4. The van der Waals surface area contributed by atoms with Crippen LogP contribution in [0.4, 0.5) is 4.39 Å². The fraction of sp³-hybridized carbons (Fsp3) is 0.350. The minimum absolute atomic E-state index is 0.214. The molecule has 1 fully saturated rings. The molecule has 0 aromatic heterocycles. The Labute approximate surface area is 151 Å². The number of nitrogens with two attached hydrogens (primary N) is 1. The molecule has 2 N–H and O–H groups in total. The highest BCUT2D eigenvalue weighted by Crippen LogP contribution is 2.36. The highest BCUT2D eigenvalue weighted by atomic mass is 19.1. The van der Waals surface area contributed by atoms with Gasteiger partial charge in [-0.2, -0.15) is 0 Å². The van der Waals surface area contributed by atoms with Crippen molar-refractivity contribution in [3.05, 3.63) is 71.0 Å².